The Balaban J connectivity index is 1.86. The lowest BCUT2D eigenvalue weighted by Gasteiger charge is -2.19. The molecule has 6 heteroatoms. The largest absolute Gasteiger partial charge is 0.479 e. The highest BCUT2D eigenvalue weighted by molar-refractivity contribution is 6.42. The van der Waals surface area contributed by atoms with Gasteiger partial charge in [-0.05, 0) is 31.9 Å². The lowest BCUT2D eigenvalue weighted by atomic mass is 10.1. The van der Waals surface area contributed by atoms with Gasteiger partial charge in [0.15, 0.2) is 6.10 Å². The summed E-state index contributed by atoms with van der Waals surface area (Å²) < 4.78 is 5.54. The number of halogens is 2. The lowest BCUT2D eigenvalue weighted by molar-refractivity contribution is -0.127. The zero-order chi connectivity index (χ0) is 15.4. The van der Waals surface area contributed by atoms with Gasteiger partial charge in [-0.3, -0.25) is 4.79 Å². The number of carbonyl (C=O) groups is 1. The van der Waals surface area contributed by atoms with Gasteiger partial charge in [0, 0.05) is 12.5 Å². The lowest BCUT2D eigenvalue weighted by Crippen LogP contribution is -2.40. The van der Waals surface area contributed by atoms with Gasteiger partial charge in [0.1, 0.15) is 10.8 Å². The van der Waals surface area contributed by atoms with Gasteiger partial charge in [-0.25, -0.2) is 0 Å². The molecule has 4 nitrogen and oxygen atoms in total. The van der Waals surface area contributed by atoms with Gasteiger partial charge in [-0.15, -0.1) is 0 Å². The second-order valence-electron chi connectivity index (χ2n) is 5.32. The van der Waals surface area contributed by atoms with Crippen LogP contribution in [-0.2, 0) is 4.79 Å². The minimum absolute atomic E-state index is 0.135. The molecule has 1 amide bonds. The number of hydrogen-bond donors (Lipinski definition) is 2. The molecule has 0 heterocycles. The molecule has 116 valence electrons. The molecule has 0 radical (unpaired) electrons. The average Bonchev–Trinajstić information content (AvgIpc) is 2.86. The highest BCUT2D eigenvalue weighted by atomic mass is 35.5. The number of aliphatic hydroxyl groups excluding tert-OH is 1. The van der Waals surface area contributed by atoms with E-state index in [0.29, 0.717) is 22.3 Å². The van der Waals surface area contributed by atoms with E-state index in [0.717, 1.165) is 19.3 Å². The summed E-state index contributed by atoms with van der Waals surface area (Å²) in [5.41, 5.74) is 0. The first-order chi connectivity index (χ1) is 9.99. The Bertz CT molecular complexity index is 510. The van der Waals surface area contributed by atoms with Crippen LogP contribution in [0, 0.1) is 5.92 Å². The van der Waals surface area contributed by atoms with Crippen LogP contribution >= 0.6 is 23.2 Å². The quantitative estimate of drug-likeness (QED) is 0.871. The first kappa shape index (κ1) is 16.4. The van der Waals surface area contributed by atoms with Crippen LogP contribution in [0.1, 0.15) is 26.2 Å². The Morgan fingerprint density at radius 2 is 2.24 bits per heavy atom. The molecule has 0 aromatic heterocycles. The number of benzene rings is 1. The van der Waals surface area contributed by atoms with Crippen molar-refractivity contribution in [2.24, 2.45) is 5.92 Å². The summed E-state index contributed by atoms with van der Waals surface area (Å²) in [4.78, 5) is 12.0. The maximum absolute atomic E-state index is 12.0. The predicted molar refractivity (Wildman–Crippen MR) is 82.9 cm³/mol. The van der Waals surface area contributed by atoms with E-state index in [2.05, 4.69) is 5.32 Å². The van der Waals surface area contributed by atoms with Crippen molar-refractivity contribution in [2.75, 3.05) is 6.54 Å². The van der Waals surface area contributed by atoms with Crippen LogP contribution in [0.15, 0.2) is 18.2 Å². The molecule has 3 atom stereocenters. The number of carbonyl (C=O) groups excluding carboxylic acids is 1. The number of amides is 1. The molecule has 3 unspecified atom stereocenters. The van der Waals surface area contributed by atoms with Crippen LogP contribution < -0.4 is 10.1 Å². The van der Waals surface area contributed by atoms with Crippen molar-refractivity contribution in [2.45, 2.75) is 38.4 Å². The Kier molecular flexibility index (Phi) is 5.73. The monoisotopic (exact) mass is 331 g/mol. The number of hydrogen-bond acceptors (Lipinski definition) is 3. The predicted octanol–water partition coefficient (Wildman–Crippen LogP) is 3.04. The van der Waals surface area contributed by atoms with E-state index < -0.39 is 6.10 Å². The number of aliphatic hydroxyl groups is 1. The fraction of sp³-hybridized carbons (Fsp3) is 0.533. The normalized spacial score (nSPS) is 22.9. The van der Waals surface area contributed by atoms with E-state index in [4.69, 9.17) is 27.9 Å². The van der Waals surface area contributed by atoms with Crippen LogP contribution in [0.4, 0.5) is 0 Å². The fourth-order valence-electron chi connectivity index (χ4n) is 2.45. The summed E-state index contributed by atoms with van der Waals surface area (Å²) >= 11 is 11.9. The van der Waals surface area contributed by atoms with Crippen molar-refractivity contribution in [3.63, 3.8) is 0 Å². The first-order valence-corrected chi connectivity index (χ1v) is 7.81. The van der Waals surface area contributed by atoms with E-state index in [9.17, 15) is 9.90 Å². The Morgan fingerprint density at radius 1 is 1.48 bits per heavy atom. The molecule has 0 bridgehead atoms. The summed E-state index contributed by atoms with van der Waals surface area (Å²) in [6, 6.07) is 5.03. The molecule has 21 heavy (non-hydrogen) atoms. The first-order valence-electron chi connectivity index (χ1n) is 7.05. The van der Waals surface area contributed by atoms with Gasteiger partial charge in [0.25, 0.3) is 5.91 Å². The SMILES string of the molecule is CC(Oc1cccc(Cl)c1Cl)C(=O)NCC1CCCC1O. The van der Waals surface area contributed by atoms with Gasteiger partial charge in [-0.1, -0.05) is 35.7 Å². The minimum atomic E-state index is -0.681. The van der Waals surface area contributed by atoms with E-state index in [1.807, 2.05) is 0 Å². The zero-order valence-electron chi connectivity index (χ0n) is 11.8. The second kappa shape index (κ2) is 7.34. The van der Waals surface area contributed by atoms with Gasteiger partial charge in [0.05, 0.1) is 11.1 Å². The molecule has 2 N–H and O–H groups in total. The van der Waals surface area contributed by atoms with Crippen molar-refractivity contribution in [3.8, 4) is 5.75 Å². The van der Waals surface area contributed by atoms with Crippen molar-refractivity contribution in [1.82, 2.24) is 5.32 Å². The molecule has 1 fully saturated rings. The van der Waals surface area contributed by atoms with Crippen molar-refractivity contribution in [1.29, 1.82) is 0 Å². The molecule has 1 aliphatic rings. The van der Waals surface area contributed by atoms with E-state index >= 15 is 0 Å². The van der Waals surface area contributed by atoms with Gasteiger partial charge in [0.2, 0.25) is 0 Å². The molecule has 2 rings (SSSR count). The van der Waals surface area contributed by atoms with Crippen molar-refractivity contribution < 1.29 is 14.6 Å². The standard InChI is InChI=1S/C15H19Cl2NO3/c1-9(21-13-7-3-5-11(16)14(13)17)15(20)18-8-10-4-2-6-12(10)19/h3,5,7,9-10,12,19H,2,4,6,8H2,1H3,(H,18,20). The molecule has 1 saturated carbocycles. The summed E-state index contributed by atoms with van der Waals surface area (Å²) in [6.07, 6.45) is 1.76. The van der Waals surface area contributed by atoms with Crippen LogP contribution in [0.3, 0.4) is 0 Å². The molecule has 0 aliphatic heterocycles. The molecule has 0 saturated heterocycles. The smallest absolute Gasteiger partial charge is 0.260 e. The number of nitrogens with one attached hydrogen (secondary N) is 1. The Hall–Kier alpha value is -0.970. The third-order valence-corrected chi connectivity index (χ3v) is 4.55. The molecular weight excluding hydrogens is 313 g/mol. The maximum atomic E-state index is 12.0. The van der Waals surface area contributed by atoms with Crippen molar-refractivity contribution in [3.05, 3.63) is 28.2 Å². The highest BCUT2D eigenvalue weighted by Gasteiger charge is 2.26. The molecule has 0 spiro atoms. The third kappa shape index (κ3) is 4.25. The Labute approximate surface area is 134 Å². The minimum Gasteiger partial charge on any atom is -0.479 e. The summed E-state index contributed by atoms with van der Waals surface area (Å²) in [5.74, 6) is 0.286. The summed E-state index contributed by atoms with van der Waals surface area (Å²) in [7, 11) is 0. The van der Waals surface area contributed by atoms with Gasteiger partial charge in [-0.2, -0.15) is 0 Å². The summed E-state index contributed by atoms with van der Waals surface area (Å²) in [5, 5.41) is 13.2. The van der Waals surface area contributed by atoms with Crippen LogP contribution in [0.25, 0.3) is 0 Å². The third-order valence-electron chi connectivity index (χ3n) is 3.75. The van der Waals surface area contributed by atoms with E-state index in [1.54, 1.807) is 25.1 Å². The molecule has 1 aromatic carbocycles. The Morgan fingerprint density at radius 3 is 2.90 bits per heavy atom. The highest BCUT2D eigenvalue weighted by Crippen LogP contribution is 2.32. The van der Waals surface area contributed by atoms with Gasteiger partial charge < -0.3 is 15.2 Å². The van der Waals surface area contributed by atoms with E-state index in [-0.39, 0.29) is 17.9 Å². The summed E-state index contributed by atoms with van der Waals surface area (Å²) in [6.45, 7) is 2.12. The van der Waals surface area contributed by atoms with Crippen LogP contribution in [0.5, 0.6) is 5.75 Å². The molecule has 1 aliphatic carbocycles. The number of rotatable bonds is 5. The molecular formula is C15H19Cl2NO3. The second-order valence-corrected chi connectivity index (χ2v) is 6.10. The average molecular weight is 332 g/mol. The zero-order valence-corrected chi connectivity index (χ0v) is 13.3. The molecule has 1 aromatic rings. The van der Waals surface area contributed by atoms with Gasteiger partial charge >= 0.3 is 0 Å². The van der Waals surface area contributed by atoms with Crippen molar-refractivity contribution >= 4 is 29.1 Å². The topological polar surface area (TPSA) is 58.6 Å². The van der Waals surface area contributed by atoms with E-state index in [1.165, 1.54) is 0 Å². The van der Waals surface area contributed by atoms with Crippen LogP contribution in [-0.4, -0.2) is 29.8 Å². The van der Waals surface area contributed by atoms with Crippen LogP contribution in [0.2, 0.25) is 10.0 Å². The maximum Gasteiger partial charge on any atom is 0.260 e. The fourth-order valence-corrected chi connectivity index (χ4v) is 2.79. The number of ether oxygens (including phenoxy) is 1.